The lowest BCUT2D eigenvalue weighted by atomic mass is 10.1. The molecule has 2 atom stereocenters. The average Bonchev–Trinajstić information content (AvgIpc) is 2.73. The zero-order chi connectivity index (χ0) is 23.2. The molecule has 0 bridgehead atoms. The Morgan fingerprint density at radius 2 is 1.61 bits per heavy atom. The van der Waals surface area contributed by atoms with E-state index in [-0.39, 0.29) is 4.90 Å². The SMILES string of the molecule is CCN(C(=O)[C@@H](C)OC(=O)[C@H](NS(=O)(=O)c1ccc(Cl)cc1)C(C)C)c1ccccc1. The number of esters is 1. The van der Waals surface area contributed by atoms with E-state index in [4.69, 9.17) is 16.3 Å². The Morgan fingerprint density at radius 1 is 1.03 bits per heavy atom. The van der Waals surface area contributed by atoms with Crippen LogP contribution in [0.2, 0.25) is 5.02 Å². The van der Waals surface area contributed by atoms with Gasteiger partial charge in [0.15, 0.2) is 6.10 Å². The molecule has 9 heteroatoms. The zero-order valence-electron chi connectivity index (χ0n) is 17.9. The second-order valence-corrected chi connectivity index (χ2v) is 9.44. The third-order valence-electron chi connectivity index (χ3n) is 4.62. The molecule has 1 N–H and O–H groups in total. The molecule has 0 heterocycles. The lowest BCUT2D eigenvalue weighted by Crippen LogP contribution is -2.48. The van der Waals surface area contributed by atoms with Crippen molar-refractivity contribution in [3.8, 4) is 0 Å². The minimum Gasteiger partial charge on any atom is -0.451 e. The number of para-hydroxylation sites is 1. The van der Waals surface area contributed by atoms with Crippen LogP contribution in [0.25, 0.3) is 0 Å². The standard InChI is InChI=1S/C22H27ClN2O5S/c1-5-25(18-9-7-6-8-10-18)21(26)16(4)30-22(27)20(15(2)3)24-31(28,29)19-13-11-17(23)12-14-19/h6-16,20,24H,5H2,1-4H3/t16-,20-/m1/s1. The summed E-state index contributed by atoms with van der Waals surface area (Å²) in [6, 6.07) is 13.4. The van der Waals surface area contributed by atoms with Gasteiger partial charge in [0.25, 0.3) is 5.91 Å². The smallest absolute Gasteiger partial charge is 0.325 e. The molecule has 7 nitrogen and oxygen atoms in total. The molecule has 0 fully saturated rings. The quantitative estimate of drug-likeness (QED) is 0.569. The number of nitrogens with zero attached hydrogens (tertiary/aromatic N) is 1. The molecule has 2 aromatic rings. The number of benzene rings is 2. The van der Waals surface area contributed by atoms with Crippen LogP contribution in [0.15, 0.2) is 59.5 Å². The Balaban J connectivity index is 2.14. The average molecular weight is 467 g/mol. The van der Waals surface area contributed by atoms with Crippen LogP contribution in [0.5, 0.6) is 0 Å². The van der Waals surface area contributed by atoms with Gasteiger partial charge in [0.1, 0.15) is 6.04 Å². The monoisotopic (exact) mass is 466 g/mol. The number of likely N-dealkylation sites (N-methyl/N-ethyl adjacent to an activating group) is 1. The van der Waals surface area contributed by atoms with Crippen LogP contribution in [0.4, 0.5) is 5.69 Å². The van der Waals surface area contributed by atoms with Gasteiger partial charge in [-0.05, 0) is 56.2 Å². The van der Waals surface area contributed by atoms with Gasteiger partial charge in [-0.3, -0.25) is 9.59 Å². The molecule has 0 aliphatic heterocycles. The van der Waals surface area contributed by atoms with E-state index in [2.05, 4.69) is 4.72 Å². The lowest BCUT2D eigenvalue weighted by molar-refractivity contribution is -0.156. The van der Waals surface area contributed by atoms with Gasteiger partial charge in [0.05, 0.1) is 4.90 Å². The number of ether oxygens (including phenoxy) is 1. The molecule has 0 unspecified atom stereocenters. The number of halogens is 1. The van der Waals surface area contributed by atoms with Crippen molar-refractivity contribution in [1.82, 2.24) is 4.72 Å². The summed E-state index contributed by atoms with van der Waals surface area (Å²) in [7, 11) is -3.99. The Kier molecular flexibility index (Phi) is 8.61. The molecular weight excluding hydrogens is 440 g/mol. The number of carbonyl (C=O) groups excluding carboxylic acids is 2. The second-order valence-electron chi connectivity index (χ2n) is 7.29. The fourth-order valence-corrected chi connectivity index (χ4v) is 4.36. The topological polar surface area (TPSA) is 92.8 Å². The van der Waals surface area contributed by atoms with Crippen LogP contribution in [-0.2, 0) is 24.3 Å². The fraction of sp³-hybridized carbons (Fsp3) is 0.364. The number of sulfonamides is 1. The van der Waals surface area contributed by atoms with Crippen LogP contribution < -0.4 is 9.62 Å². The van der Waals surface area contributed by atoms with Crippen molar-refractivity contribution < 1.29 is 22.7 Å². The fourth-order valence-electron chi connectivity index (χ4n) is 2.90. The highest BCUT2D eigenvalue weighted by Crippen LogP contribution is 2.18. The maximum atomic E-state index is 12.8. The number of hydrogen-bond donors (Lipinski definition) is 1. The van der Waals surface area contributed by atoms with Crippen molar-refractivity contribution in [3.63, 3.8) is 0 Å². The van der Waals surface area contributed by atoms with Crippen LogP contribution in [-0.4, -0.2) is 39.0 Å². The molecule has 2 rings (SSSR count). The Bertz CT molecular complexity index is 994. The van der Waals surface area contributed by atoms with E-state index >= 15 is 0 Å². The Labute approximate surface area is 188 Å². The first-order valence-corrected chi connectivity index (χ1v) is 11.8. The van der Waals surface area contributed by atoms with Gasteiger partial charge in [-0.1, -0.05) is 43.6 Å². The number of rotatable bonds is 9. The molecule has 2 aromatic carbocycles. The molecule has 0 aliphatic rings. The highest BCUT2D eigenvalue weighted by Gasteiger charge is 2.33. The van der Waals surface area contributed by atoms with E-state index < -0.39 is 40.0 Å². The van der Waals surface area contributed by atoms with Crippen molar-refractivity contribution >= 4 is 39.2 Å². The van der Waals surface area contributed by atoms with Crippen LogP contribution in [0.3, 0.4) is 0 Å². The molecular formula is C22H27ClN2O5S. The number of anilines is 1. The van der Waals surface area contributed by atoms with Gasteiger partial charge in [-0.2, -0.15) is 4.72 Å². The predicted octanol–water partition coefficient (Wildman–Crippen LogP) is 3.63. The molecule has 0 aromatic heterocycles. The second kappa shape index (κ2) is 10.7. The van der Waals surface area contributed by atoms with Crippen molar-refractivity contribution in [2.75, 3.05) is 11.4 Å². The minimum absolute atomic E-state index is 0.0271. The van der Waals surface area contributed by atoms with Gasteiger partial charge in [0, 0.05) is 17.3 Å². The summed E-state index contributed by atoms with van der Waals surface area (Å²) >= 11 is 5.81. The Morgan fingerprint density at radius 3 is 2.13 bits per heavy atom. The van der Waals surface area contributed by atoms with Crippen LogP contribution in [0, 0.1) is 5.92 Å². The molecule has 0 radical (unpaired) electrons. The first-order chi connectivity index (χ1) is 14.6. The number of nitrogens with one attached hydrogen (secondary N) is 1. The van der Waals surface area contributed by atoms with Gasteiger partial charge in [0.2, 0.25) is 10.0 Å². The molecule has 0 spiro atoms. The van der Waals surface area contributed by atoms with E-state index in [1.807, 2.05) is 25.1 Å². The first-order valence-electron chi connectivity index (χ1n) is 9.91. The van der Waals surface area contributed by atoms with E-state index in [9.17, 15) is 18.0 Å². The van der Waals surface area contributed by atoms with Crippen molar-refractivity contribution in [2.45, 2.75) is 44.7 Å². The highest BCUT2D eigenvalue weighted by atomic mass is 35.5. The molecule has 0 saturated carbocycles. The van der Waals surface area contributed by atoms with Crippen LogP contribution in [0.1, 0.15) is 27.7 Å². The third kappa shape index (κ3) is 6.53. The molecule has 1 amide bonds. The van der Waals surface area contributed by atoms with Crippen LogP contribution >= 0.6 is 11.6 Å². The van der Waals surface area contributed by atoms with Gasteiger partial charge in [-0.15, -0.1) is 0 Å². The molecule has 31 heavy (non-hydrogen) atoms. The summed E-state index contributed by atoms with van der Waals surface area (Å²) in [5.74, 6) is -1.63. The number of carbonyl (C=O) groups is 2. The Hall–Kier alpha value is -2.42. The van der Waals surface area contributed by atoms with Crippen molar-refractivity contribution in [2.24, 2.45) is 5.92 Å². The molecule has 0 aliphatic carbocycles. The van der Waals surface area contributed by atoms with Crippen molar-refractivity contribution in [1.29, 1.82) is 0 Å². The number of hydrogen-bond acceptors (Lipinski definition) is 5. The maximum absolute atomic E-state index is 12.8. The zero-order valence-corrected chi connectivity index (χ0v) is 19.5. The highest BCUT2D eigenvalue weighted by molar-refractivity contribution is 7.89. The van der Waals surface area contributed by atoms with E-state index in [0.29, 0.717) is 17.3 Å². The van der Waals surface area contributed by atoms with Crippen molar-refractivity contribution in [3.05, 3.63) is 59.6 Å². The molecule has 168 valence electrons. The summed E-state index contributed by atoms with van der Waals surface area (Å²) in [6.07, 6.45) is -1.09. The van der Waals surface area contributed by atoms with E-state index in [0.717, 1.165) is 0 Å². The summed E-state index contributed by atoms with van der Waals surface area (Å²) < 4.78 is 33.1. The minimum atomic E-state index is -3.99. The summed E-state index contributed by atoms with van der Waals surface area (Å²) in [5.41, 5.74) is 0.682. The number of amides is 1. The first kappa shape index (κ1) is 24.8. The summed E-state index contributed by atoms with van der Waals surface area (Å²) in [5, 5.41) is 0.394. The normalized spacial score (nSPS) is 13.5. The van der Waals surface area contributed by atoms with Gasteiger partial charge < -0.3 is 9.64 Å². The molecule has 0 saturated heterocycles. The lowest BCUT2D eigenvalue weighted by Gasteiger charge is -2.26. The van der Waals surface area contributed by atoms with E-state index in [1.165, 1.54) is 36.1 Å². The largest absolute Gasteiger partial charge is 0.451 e. The van der Waals surface area contributed by atoms with Gasteiger partial charge in [-0.25, -0.2) is 8.42 Å². The predicted molar refractivity (Wildman–Crippen MR) is 120 cm³/mol. The van der Waals surface area contributed by atoms with E-state index in [1.54, 1.807) is 26.0 Å². The summed E-state index contributed by atoms with van der Waals surface area (Å²) in [6.45, 7) is 7.05. The third-order valence-corrected chi connectivity index (χ3v) is 6.33. The summed E-state index contributed by atoms with van der Waals surface area (Å²) in [4.78, 5) is 27.1. The maximum Gasteiger partial charge on any atom is 0.325 e. The van der Waals surface area contributed by atoms with Gasteiger partial charge >= 0.3 is 5.97 Å².